The van der Waals surface area contributed by atoms with E-state index >= 15 is 0 Å². The van der Waals surface area contributed by atoms with Crippen molar-refractivity contribution in [2.45, 2.75) is 0 Å². The zero-order valence-electron chi connectivity index (χ0n) is 9.30. The van der Waals surface area contributed by atoms with E-state index in [0.717, 1.165) is 11.8 Å². The highest BCUT2D eigenvalue weighted by atomic mass is 16.7. The fourth-order valence-electron chi connectivity index (χ4n) is 1.18. The fraction of sp³-hybridized carbons (Fsp3) is 0.250. The third kappa shape index (κ3) is 3.40. The molecular weight excluding hydrogens is 208 g/mol. The van der Waals surface area contributed by atoms with Crippen LogP contribution in [-0.2, 0) is 9.53 Å². The fourth-order valence-corrected chi connectivity index (χ4v) is 1.18. The van der Waals surface area contributed by atoms with Gasteiger partial charge in [0, 0.05) is 7.11 Å². The number of aldehydes is 1. The molecule has 0 unspecified atom stereocenters. The van der Waals surface area contributed by atoms with Crippen LogP contribution in [0.5, 0.6) is 11.5 Å². The number of benzene rings is 1. The molecule has 0 saturated carbocycles. The number of methoxy groups -OCH3 is 2. The minimum atomic E-state index is 0.167. The molecule has 0 aromatic heterocycles. The Kier molecular flexibility index (Phi) is 5.08. The van der Waals surface area contributed by atoms with E-state index in [9.17, 15) is 4.79 Å². The standard InChI is InChI=1S/C12H14O4/c1-14-9-16-11-6-5-10(4-3-7-13)8-12(11)15-2/h3-8H,9H2,1-2H3/b4-3+. The highest BCUT2D eigenvalue weighted by Crippen LogP contribution is 2.28. The van der Waals surface area contributed by atoms with Crippen molar-refractivity contribution in [2.75, 3.05) is 21.0 Å². The van der Waals surface area contributed by atoms with Gasteiger partial charge in [-0.1, -0.05) is 12.1 Å². The number of carbonyl (C=O) groups is 1. The minimum absolute atomic E-state index is 0.167. The smallest absolute Gasteiger partial charge is 0.188 e. The molecule has 4 nitrogen and oxygen atoms in total. The van der Waals surface area contributed by atoms with Gasteiger partial charge in [-0.05, 0) is 23.8 Å². The van der Waals surface area contributed by atoms with Crippen molar-refractivity contribution in [2.24, 2.45) is 0 Å². The summed E-state index contributed by atoms with van der Waals surface area (Å²) in [6.45, 7) is 0.167. The van der Waals surface area contributed by atoms with Crippen LogP contribution in [0.25, 0.3) is 6.08 Å². The highest BCUT2D eigenvalue weighted by molar-refractivity contribution is 5.74. The van der Waals surface area contributed by atoms with E-state index in [-0.39, 0.29) is 6.79 Å². The molecule has 16 heavy (non-hydrogen) atoms. The summed E-state index contributed by atoms with van der Waals surface area (Å²) < 4.78 is 15.3. The molecule has 1 aromatic carbocycles. The van der Waals surface area contributed by atoms with Gasteiger partial charge in [0.15, 0.2) is 18.3 Å². The summed E-state index contributed by atoms with van der Waals surface area (Å²) in [6, 6.07) is 5.38. The lowest BCUT2D eigenvalue weighted by Gasteiger charge is -2.10. The predicted octanol–water partition coefficient (Wildman–Crippen LogP) is 1.89. The average molecular weight is 222 g/mol. The van der Waals surface area contributed by atoms with Gasteiger partial charge in [0.25, 0.3) is 0 Å². The Bertz CT molecular complexity index is 371. The van der Waals surface area contributed by atoms with E-state index < -0.39 is 0 Å². The van der Waals surface area contributed by atoms with Crippen LogP contribution in [0.1, 0.15) is 5.56 Å². The maximum absolute atomic E-state index is 10.2. The monoisotopic (exact) mass is 222 g/mol. The first-order chi connectivity index (χ1) is 7.81. The lowest BCUT2D eigenvalue weighted by molar-refractivity contribution is -0.104. The van der Waals surface area contributed by atoms with Gasteiger partial charge in [-0.2, -0.15) is 0 Å². The molecular formula is C12H14O4. The summed E-state index contributed by atoms with van der Waals surface area (Å²) >= 11 is 0. The van der Waals surface area contributed by atoms with Crippen molar-refractivity contribution < 1.29 is 19.0 Å². The van der Waals surface area contributed by atoms with Gasteiger partial charge in [0.1, 0.15) is 6.29 Å². The number of rotatable bonds is 6. The Hall–Kier alpha value is -1.81. The lowest BCUT2D eigenvalue weighted by atomic mass is 10.2. The highest BCUT2D eigenvalue weighted by Gasteiger charge is 2.03. The number of hydrogen-bond donors (Lipinski definition) is 0. The summed E-state index contributed by atoms with van der Waals surface area (Å²) in [5, 5.41) is 0. The molecule has 0 aliphatic heterocycles. The van der Waals surface area contributed by atoms with Crippen LogP contribution in [0, 0.1) is 0 Å². The number of hydrogen-bond acceptors (Lipinski definition) is 4. The van der Waals surface area contributed by atoms with E-state index in [0.29, 0.717) is 11.5 Å². The first kappa shape index (κ1) is 12.3. The molecule has 0 fully saturated rings. The summed E-state index contributed by atoms with van der Waals surface area (Å²) in [4.78, 5) is 10.2. The normalized spacial score (nSPS) is 10.4. The van der Waals surface area contributed by atoms with Crippen molar-refractivity contribution >= 4 is 12.4 Å². The second kappa shape index (κ2) is 6.63. The molecule has 4 heteroatoms. The SMILES string of the molecule is COCOc1ccc(/C=C/C=O)cc1OC. The van der Waals surface area contributed by atoms with Crippen LogP contribution in [0.3, 0.4) is 0 Å². The number of carbonyl (C=O) groups excluding carboxylic acids is 1. The van der Waals surface area contributed by atoms with Gasteiger partial charge in [-0.3, -0.25) is 4.79 Å². The Balaban J connectivity index is 2.87. The third-order valence-electron chi connectivity index (χ3n) is 1.89. The molecule has 0 amide bonds. The molecule has 0 radical (unpaired) electrons. The van der Waals surface area contributed by atoms with Crippen LogP contribution < -0.4 is 9.47 Å². The van der Waals surface area contributed by atoms with Crippen LogP contribution in [-0.4, -0.2) is 27.3 Å². The Morgan fingerprint density at radius 3 is 2.69 bits per heavy atom. The van der Waals surface area contributed by atoms with Crippen LogP contribution in [0.15, 0.2) is 24.3 Å². The first-order valence-corrected chi connectivity index (χ1v) is 4.73. The van der Waals surface area contributed by atoms with E-state index in [1.165, 1.54) is 6.08 Å². The van der Waals surface area contributed by atoms with Crippen molar-refractivity contribution in [1.29, 1.82) is 0 Å². The second-order valence-corrected chi connectivity index (χ2v) is 2.96. The van der Waals surface area contributed by atoms with Gasteiger partial charge >= 0.3 is 0 Å². The van der Waals surface area contributed by atoms with E-state index in [1.807, 2.05) is 6.07 Å². The van der Waals surface area contributed by atoms with Gasteiger partial charge < -0.3 is 14.2 Å². The molecule has 0 saturated heterocycles. The van der Waals surface area contributed by atoms with Crippen molar-refractivity contribution in [3.63, 3.8) is 0 Å². The quantitative estimate of drug-likeness (QED) is 0.419. The zero-order chi connectivity index (χ0) is 11.8. The second-order valence-electron chi connectivity index (χ2n) is 2.96. The Morgan fingerprint density at radius 2 is 2.06 bits per heavy atom. The summed E-state index contributed by atoms with van der Waals surface area (Å²) in [5.74, 6) is 1.21. The molecule has 0 N–H and O–H groups in total. The molecule has 0 aliphatic carbocycles. The number of ether oxygens (including phenoxy) is 3. The average Bonchev–Trinajstić information content (AvgIpc) is 2.34. The predicted molar refractivity (Wildman–Crippen MR) is 60.6 cm³/mol. The molecule has 0 atom stereocenters. The largest absolute Gasteiger partial charge is 0.493 e. The van der Waals surface area contributed by atoms with Gasteiger partial charge in [-0.15, -0.1) is 0 Å². The third-order valence-corrected chi connectivity index (χ3v) is 1.89. The lowest BCUT2D eigenvalue weighted by Crippen LogP contribution is -2.00. The Morgan fingerprint density at radius 1 is 1.25 bits per heavy atom. The molecule has 0 bridgehead atoms. The van der Waals surface area contributed by atoms with Crippen molar-refractivity contribution in [3.8, 4) is 11.5 Å². The molecule has 0 heterocycles. The number of allylic oxidation sites excluding steroid dienone is 1. The summed E-state index contributed by atoms with van der Waals surface area (Å²) in [5.41, 5.74) is 0.869. The maximum atomic E-state index is 10.2. The van der Waals surface area contributed by atoms with Gasteiger partial charge in [-0.25, -0.2) is 0 Å². The molecule has 1 rings (SSSR count). The summed E-state index contributed by atoms with van der Waals surface area (Å²) in [7, 11) is 3.11. The van der Waals surface area contributed by atoms with E-state index in [4.69, 9.17) is 14.2 Å². The van der Waals surface area contributed by atoms with E-state index in [1.54, 1.807) is 32.4 Å². The minimum Gasteiger partial charge on any atom is -0.493 e. The van der Waals surface area contributed by atoms with Crippen molar-refractivity contribution in [3.05, 3.63) is 29.8 Å². The van der Waals surface area contributed by atoms with Gasteiger partial charge in [0.05, 0.1) is 7.11 Å². The Labute approximate surface area is 94.4 Å². The first-order valence-electron chi connectivity index (χ1n) is 4.73. The zero-order valence-corrected chi connectivity index (χ0v) is 9.30. The van der Waals surface area contributed by atoms with Gasteiger partial charge in [0.2, 0.25) is 0 Å². The van der Waals surface area contributed by atoms with Crippen LogP contribution >= 0.6 is 0 Å². The summed E-state index contributed by atoms with van der Waals surface area (Å²) in [6.07, 6.45) is 3.84. The topological polar surface area (TPSA) is 44.8 Å². The maximum Gasteiger partial charge on any atom is 0.188 e. The molecule has 0 aliphatic rings. The van der Waals surface area contributed by atoms with Crippen LogP contribution in [0.2, 0.25) is 0 Å². The molecule has 1 aromatic rings. The van der Waals surface area contributed by atoms with Crippen LogP contribution in [0.4, 0.5) is 0 Å². The molecule has 0 spiro atoms. The van der Waals surface area contributed by atoms with Crippen molar-refractivity contribution in [1.82, 2.24) is 0 Å². The molecule has 86 valence electrons. The van der Waals surface area contributed by atoms with E-state index in [2.05, 4.69) is 0 Å².